The number of benzene rings is 2. The van der Waals surface area contributed by atoms with Gasteiger partial charge in [0.1, 0.15) is 0 Å². The Balaban J connectivity index is 2.03. The number of carbonyl (C=O) groups excluding carboxylic acids is 1. The summed E-state index contributed by atoms with van der Waals surface area (Å²) in [6.45, 7) is 0.847. The Kier molecular flexibility index (Phi) is 3.94. The van der Waals surface area contributed by atoms with Crippen LogP contribution >= 0.6 is 0 Å². The number of fused-ring (bicyclic) bond motifs is 1. The highest BCUT2D eigenvalue weighted by Crippen LogP contribution is 2.27. The van der Waals surface area contributed by atoms with E-state index < -0.39 is 0 Å². The fourth-order valence-corrected chi connectivity index (χ4v) is 2.60. The van der Waals surface area contributed by atoms with Crippen molar-refractivity contribution in [2.24, 2.45) is 0 Å². The van der Waals surface area contributed by atoms with Crippen LogP contribution in [0.25, 0.3) is 22.2 Å². The first kappa shape index (κ1) is 14.4. The van der Waals surface area contributed by atoms with Crippen molar-refractivity contribution in [1.29, 1.82) is 0 Å². The lowest BCUT2D eigenvalue weighted by atomic mass is 10.1. The number of aromatic amines is 1. The maximum Gasteiger partial charge on any atom is 0.338 e. The summed E-state index contributed by atoms with van der Waals surface area (Å²) in [5, 5.41) is 4.01. The molecule has 4 heteroatoms. The molecule has 2 aromatic carbocycles. The minimum absolute atomic E-state index is 0.319. The molecule has 3 aromatic rings. The number of methoxy groups -OCH3 is 1. The van der Waals surface area contributed by atoms with Crippen LogP contribution in [-0.2, 0) is 11.3 Å². The van der Waals surface area contributed by atoms with E-state index in [0.29, 0.717) is 5.56 Å². The summed E-state index contributed by atoms with van der Waals surface area (Å²) in [6.07, 6.45) is 0. The predicted molar refractivity (Wildman–Crippen MR) is 87.8 cm³/mol. The molecule has 0 atom stereocenters. The standard InChI is InChI=1S/C18H18N2O2/c1-19-11-12-6-8-13(9-7-12)17-10-15-14(18(21)22-2)4-3-5-16(15)20-17/h3-10,19-20H,11H2,1-2H3. The second-order valence-corrected chi connectivity index (χ2v) is 5.17. The fourth-order valence-electron chi connectivity index (χ4n) is 2.60. The number of esters is 1. The van der Waals surface area contributed by atoms with E-state index in [1.807, 2.05) is 25.2 Å². The van der Waals surface area contributed by atoms with Gasteiger partial charge >= 0.3 is 5.97 Å². The lowest BCUT2D eigenvalue weighted by Gasteiger charge is -2.02. The molecule has 0 bridgehead atoms. The van der Waals surface area contributed by atoms with Crippen molar-refractivity contribution in [2.45, 2.75) is 6.54 Å². The summed E-state index contributed by atoms with van der Waals surface area (Å²) >= 11 is 0. The first-order chi connectivity index (χ1) is 10.7. The van der Waals surface area contributed by atoms with Crippen LogP contribution in [0.1, 0.15) is 15.9 Å². The molecular weight excluding hydrogens is 276 g/mol. The van der Waals surface area contributed by atoms with Gasteiger partial charge in [0, 0.05) is 23.1 Å². The van der Waals surface area contributed by atoms with Crippen molar-refractivity contribution in [1.82, 2.24) is 10.3 Å². The highest BCUT2D eigenvalue weighted by molar-refractivity contribution is 6.05. The van der Waals surface area contributed by atoms with E-state index in [1.165, 1.54) is 12.7 Å². The molecule has 22 heavy (non-hydrogen) atoms. The number of hydrogen-bond donors (Lipinski definition) is 2. The Bertz CT molecular complexity index is 804. The number of H-pyrrole nitrogens is 1. The second-order valence-electron chi connectivity index (χ2n) is 5.17. The summed E-state index contributed by atoms with van der Waals surface area (Å²) < 4.78 is 4.84. The van der Waals surface area contributed by atoms with Gasteiger partial charge in [0.05, 0.1) is 12.7 Å². The quantitative estimate of drug-likeness (QED) is 0.726. The van der Waals surface area contributed by atoms with Crippen molar-refractivity contribution in [3.05, 3.63) is 59.7 Å². The van der Waals surface area contributed by atoms with Crippen molar-refractivity contribution < 1.29 is 9.53 Å². The number of rotatable bonds is 4. The van der Waals surface area contributed by atoms with E-state index in [0.717, 1.165) is 28.7 Å². The third kappa shape index (κ3) is 2.61. The van der Waals surface area contributed by atoms with E-state index in [4.69, 9.17) is 4.74 Å². The van der Waals surface area contributed by atoms with E-state index in [2.05, 4.69) is 34.6 Å². The van der Waals surface area contributed by atoms with E-state index >= 15 is 0 Å². The van der Waals surface area contributed by atoms with E-state index in [1.54, 1.807) is 6.07 Å². The molecule has 0 fully saturated rings. The molecule has 0 aliphatic heterocycles. The minimum atomic E-state index is -0.319. The number of hydrogen-bond acceptors (Lipinski definition) is 3. The van der Waals surface area contributed by atoms with Gasteiger partial charge in [-0.1, -0.05) is 30.3 Å². The molecule has 0 amide bonds. The third-order valence-corrected chi connectivity index (χ3v) is 3.72. The van der Waals surface area contributed by atoms with Crippen molar-refractivity contribution in [3.8, 4) is 11.3 Å². The fraction of sp³-hybridized carbons (Fsp3) is 0.167. The summed E-state index contributed by atoms with van der Waals surface area (Å²) in [5.41, 5.74) is 4.82. The van der Waals surface area contributed by atoms with Crippen LogP contribution in [0.2, 0.25) is 0 Å². The monoisotopic (exact) mass is 294 g/mol. The lowest BCUT2D eigenvalue weighted by molar-refractivity contribution is 0.0603. The SMILES string of the molecule is CNCc1ccc(-c2cc3c(C(=O)OC)cccc3[nH]2)cc1. The zero-order valence-corrected chi connectivity index (χ0v) is 12.6. The van der Waals surface area contributed by atoms with Crippen LogP contribution in [0.3, 0.4) is 0 Å². The first-order valence-electron chi connectivity index (χ1n) is 7.17. The maximum atomic E-state index is 11.8. The molecule has 1 heterocycles. The molecule has 0 spiro atoms. The number of nitrogens with one attached hydrogen (secondary N) is 2. The van der Waals surface area contributed by atoms with Crippen LogP contribution < -0.4 is 5.32 Å². The average molecular weight is 294 g/mol. The van der Waals surface area contributed by atoms with Crippen molar-refractivity contribution >= 4 is 16.9 Å². The van der Waals surface area contributed by atoms with Gasteiger partial charge in [0.25, 0.3) is 0 Å². The van der Waals surface area contributed by atoms with Crippen LogP contribution in [0.15, 0.2) is 48.5 Å². The topological polar surface area (TPSA) is 54.1 Å². The maximum absolute atomic E-state index is 11.8. The van der Waals surface area contributed by atoms with Crippen LogP contribution in [0.5, 0.6) is 0 Å². The van der Waals surface area contributed by atoms with Gasteiger partial charge < -0.3 is 15.0 Å². The number of carbonyl (C=O) groups is 1. The van der Waals surface area contributed by atoms with E-state index in [9.17, 15) is 4.79 Å². The molecule has 112 valence electrons. The van der Waals surface area contributed by atoms with Gasteiger partial charge in [-0.15, -0.1) is 0 Å². The van der Waals surface area contributed by atoms with Crippen molar-refractivity contribution in [3.63, 3.8) is 0 Å². The predicted octanol–water partition coefficient (Wildman–Crippen LogP) is 3.34. The largest absolute Gasteiger partial charge is 0.465 e. The normalized spacial score (nSPS) is 10.8. The van der Waals surface area contributed by atoms with Gasteiger partial charge in [-0.3, -0.25) is 0 Å². The summed E-state index contributed by atoms with van der Waals surface area (Å²) in [4.78, 5) is 15.2. The molecule has 0 unspecified atom stereocenters. The lowest BCUT2D eigenvalue weighted by Crippen LogP contribution is -2.04. The summed E-state index contributed by atoms with van der Waals surface area (Å²) in [6, 6.07) is 15.9. The van der Waals surface area contributed by atoms with Gasteiger partial charge in [-0.05, 0) is 36.4 Å². The molecule has 1 aromatic heterocycles. The first-order valence-corrected chi connectivity index (χ1v) is 7.17. The Morgan fingerprint density at radius 2 is 1.95 bits per heavy atom. The van der Waals surface area contributed by atoms with Crippen LogP contribution in [0, 0.1) is 0 Å². The van der Waals surface area contributed by atoms with Crippen molar-refractivity contribution in [2.75, 3.05) is 14.2 Å². The molecular formula is C18H18N2O2. The van der Waals surface area contributed by atoms with Gasteiger partial charge in [0.2, 0.25) is 0 Å². The number of ether oxygens (including phenoxy) is 1. The summed E-state index contributed by atoms with van der Waals surface area (Å²) in [7, 11) is 3.33. The molecule has 0 saturated carbocycles. The Morgan fingerprint density at radius 3 is 2.64 bits per heavy atom. The molecule has 2 N–H and O–H groups in total. The average Bonchev–Trinajstić information content (AvgIpc) is 2.99. The second kappa shape index (κ2) is 6.03. The Morgan fingerprint density at radius 1 is 1.18 bits per heavy atom. The number of aromatic nitrogens is 1. The molecule has 0 aliphatic carbocycles. The third-order valence-electron chi connectivity index (χ3n) is 3.72. The zero-order valence-electron chi connectivity index (χ0n) is 12.6. The highest BCUT2D eigenvalue weighted by Gasteiger charge is 2.12. The highest BCUT2D eigenvalue weighted by atomic mass is 16.5. The zero-order chi connectivity index (χ0) is 15.5. The van der Waals surface area contributed by atoms with Gasteiger partial charge in [-0.2, -0.15) is 0 Å². The van der Waals surface area contributed by atoms with Gasteiger partial charge in [0.15, 0.2) is 0 Å². The molecule has 4 nitrogen and oxygen atoms in total. The minimum Gasteiger partial charge on any atom is -0.465 e. The molecule has 0 radical (unpaired) electrons. The Hall–Kier alpha value is -2.59. The van der Waals surface area contributed by atoms with Crippen LogP contribution in [0.4, 0.5) is 0 Å². The van der Waals surface area contributed by atoms with Gasteiger partial charge in [-0.25, -0.2) is 4.79 Å². The van der Waals surface area contributed by atoms with E-state index in [-0.39, 0.29) is 5.97 Å². The molecule has 3 rings (SSSR count). The Labute approximate surface area is 129 Å². The molecule has 0 aliphatic rings. The molecule has 0 saturated heterocycles. The smallest absolute Gasteiger partial charge is 0.338 e. The summed E-state index contributed by atoms with van der Waals surface area (Å²) in [5.74, 6) is -0.319. The van der Waals surface area contributed by atoms with Crippen LogP contribution in [-0.4, -0.2) is 25.1 Å².